The van der Waals surface area contributed by atoms with Gasteiger partial charge in [0.1, 0.15) is 5.15 Å². The molecule has 0 aliphatic carbocycles. The van der Waals surface area contributed by atoms with Gasteiger partial charge in [0.05, 0.1) is 6.61 Å². The molecule has 1 aromatic carbocycles. The number of rotatable bonds is 3. The smallest absolute Gasteiger partial charge is 0.115 e. The summed E-state index contributed by atoms with van der Waals surface area (Å²) in [6.07, 6.45) is 0. The number of aliphatic hydroxyl groups excluding tert-OH is 1. The molecule has 0 spiro atoms. The topological polar surface area (TPSA) is 25.2 Å². The highest BCUT2D eigenvalue weighted by atomic mass is 35.5. The first-order chi connectivity index (χ1) is 8.04. The van der Waals surface area contributed by atoms with Crippen LogP contribution >= 0.6 is 23.2 Å². The fourth-order valence-electron chi connectivity index (χ4n) is 2.06. The van der Waals surface area contributed by atoms with E-state index in [0.29, 0.717) is 16.1 Å². The molecule has 1 aromatic heterocycles. The molecule has 0 atom stereocenters. The lowest BCUT2D eigenvalue weighted by Gasteiger charge is -2.09. The molecule has 2 aromatic rings. The van der Waals surface area contributed by atoms with E-state index in [0.717, 1.165) is 23.0 Å². The predicted molar refractivity (Wildman–Crippen MR) is 72.7 cm³/mol. The second kappa shape index (κ2) is 4.89. The van der Waals surface area contributed by atoms with E-state index in [4.69, 9.17) is 23.2 Å². The minimum absolute atomic E-state index is 0.0687. The lowest BCUT2D eigenvalue weighted by molar-refractivity contribution is 0.283. The van der Waals surface area contributed by atoms with Crippen LogP contribution in [0.3, 0.4) is 0 Å². The molecule has 0 saturated carbocycles. The molecule has 2 rings (SSSR count). The minimum atomic E-state index is -0.0687. The van der Waals surface area contributed by atoms with Gasteiger partial charge in [0.2, 0.25) is 0 Å². The highest BCUT2D eigenvalue weighted by Crippen LogP contribution is 2.32. The average molecular weight is 272 g/mol. The van der Waals surface area contributed by atoms with Gasteiger partial charge in [0.25, 0.3) is 0 Å². The van der Waals surface area contributed by atoms with Crippen molar-refractivity contribution in [2.24, 2.45) is 5.92 Å². The summed E-state index contributed by atoms with van der Waals surface area (Å²) < 4.78 is 2.03. The van der Waals surface area contributed by atoms with Crippen molar-refractivity contribution in [2.75, 3.05) is 0 Å². The molecule has 4 heteroatoms. The Morgan fingerprint density at radius 3 is 2.59 bits per heavy atom. The van der Waals surface area contributed by atoms with E-state index in [9.17, 15) is 5.11 Å². The van der Waals surface area contributed by atoms with Crippen LogP contribution in [0, 0.1) is 5.92 Å². The molecule has 0 aliphatic heterocycles. The van der Waals surface area contributed by atoms with Crippen molar-refractivity contribution in [3.05, 3.63) is 33.9 Å². The van der Waals surface area contributed by atoms with Gasteiger partial charge in [0, 0.05) is 28.0 Å². The number of hydrogen-bond donors (Lipinski definition) is 1. The highest BCUT2D eigenvalue weighted by Gasteiger charge is 2.15. The zero-order valence-electron chi connectivity index (χ0n) is 9.87. The fourth-order valence-corrected chi connectivity index (χ4v) is 2.55. The SMILES string of the molecule is CC(C)Cn1c(Cl)c(CO)c2cc(Cl)ccc21. The third-order valence-electron chi connectivity index (χ3n) is 2.77. The average Bonchev–Trinajstić information content (AvgIpc) is 2.50. The van der Waals surface area contributed by atoms with Crippen molar-refractivity contribution >= 4 is 34.1 Å². The van der Waals surface area contributed by atoms with Crippen molar-refractivity contribution in [3.8, 4) is 0 Å². The van der Waals surface area contributed by atoms with Crippen molar-refractivity contribution in [1.29, 1.82) is 0 Å². The van der Waals surface area contributed by atoms with Crippen LogP contribution in [0.25, 0.3) is 10.9 Å². The maximum atomic E-state index is 9.41. The molecule has 17 heavy (non-hydrogen) atoms. The molecule has 0 unspecified atom stereocenters. The van der Waals surface area contributed by atoms with Gasteiger partial charge in [-0.1, -0.05) is 37.0 Å². The summed E-state index contributed by atoms with van der Waals surface area (Å²) in [7, 11) is 0. The molecule has 0 bridgehead atoms. The quantitative estimate of drug-likeness (QED) is 0.894. The van der Waals surface area contributed by atoms with Gasteiger partial charge in [0.15, 0.2) is 0 Å². The molecular weight excluding hydrogens is 257 g/mol. The van der Waals surface area contributed by atoms with E-state index >= 15 is 0 Å². The van der Waals surface area contributed by atoms with Crippen LogP contribution in [-0.2, 0) is 13.2 Å². The van der Waals surface area contributed by atoms with Gasteiger partial charge in [-0.05, 0) is 24.1 Å². The normalized spacial score (nSPS) is 11.6. The third kappa shape index (κ3) is 2.30. The molecule has 0 aliphatic rings. The Hall–Kier alpha value is -0.700. The largest absolute Gasteiger partial charge is 0.392 e. The first-order valence-corrected chi connectivity index (χ1v) is 6.37. The summed E-state index contributed by atoms with van der Waals surface area (Å²) in [5.41, 5.74) is 1.78. The van der Waals surface area contributed by atoms with Gasteiger partial charge in [-0.2, -0.15) is 0 Å². The number of aliphatic hydroxyl groups is 1. The van der Waals surface area contributed by atoms with E-state index in [1.807, 2.05) is 22.8 Å². The van der Waals surface area contributed by atoms with Crippen LogP contribution in [-0.4, -0.2) is 9.67 Å². The summed E-state index contributed by atoms with van der Waals surface area (Å²) in [4.78, 5) is 0. The minimum Gasteiger partial charge on any atom is -0.392 e. The van der Waals surface area contributed by atoms with Crippen molar-refractivity contribution < 1.29 is 5.11 Å². The predicted octanol–water partition coefficient (Wildman–Crippen LogP) is 4.10. The zero-order valence-corrected chi connectivity index (χ0v) is 11.4. The van der Waals surface area contributed by atoms with E-state index < -0.39 is 0 Å². The molecule has 1 heterocycles. The summed E-state index contributed by atoms with van der Waals surface area (Å²) in [6.45, 7) is 5.03. The number of hydrogen-bond acceptors (Lipinski definition) is 1. The second-order valence-corrected chi connectivity index (χ2v) is 5.39. The number of benzene rings is 1. The number of nitrogens with zero attached hydrogens (tertiary/aromatic N) is 1. The van der Waals surface area contributed by atoms with E-state index in [1.165, 1.54) is 0 Å². The Balaban J connectivity index is 2.70. The summed E-state index contributed by atoms with van der Waals surface area (Å²) in [5, 5.41) is 11.6. The zero-order chi connectivity index (χ0) is 12.6. The van der Waals surface area contributed by atoms with Gasteiger partial charge in [-0.3, -0.25) is 0 Å². The second-order valence-electron chi connectivity index (χ2n) is 4.59. The first-order valence-electron chi connectivity index (χ1n) is 5.61. The van der Waals surface area contributed by atoms with Crippen LogP contribution in [0.2, 0.25) is 10.2 Å². The number of aromatic nitrogens is 1. The maximum absolute atomic E-state index is 9.41. The Bertz CT molecular complexity index is 546. The van der Waals surface area contributed by atoms with Crippen molar-refractivity contribution in [3.63, 3.8) is 0 Å². The molecule has 0 radical (unpaired) electrons. The lowest BCUT2D eigenvalue weighted by atomic mass is 10.2. The van der Waals surface area contributed by atoms with Crippen LogP contribution < -0.4 is 0 Å². The summed E-state index contributed by atoms with van der Waals surface area (Å²) in [6, 6.07) is 5.65. The molecule has 0 amide bonds. The maximum Gasteiger partial charge on any atom is 0.115 e. The first kappa shape index (κ1) is 12.7. The van der Waals surface area contributed by atoms with Crippen LogP contribution in [0.5, 0.6) is 0 Å². The Morgan fingerprint density at radius 1 is 1.29 bits per heavy atom. The fraction of sp³-hybridized carbons (Fsp3) is 0.385. The standard InChI is InChI=1S/C13H15Cl2NO/c1-8(2)6-16-12-4-3-9(14)5-10(12)11(7-17)13(16)15/h3-5,8,17H,6-7H2,1-2H3. The monoisotopic (exact) mass is 271 g/mol. The summed E-state index contributed by atoms with van der Waals surface area (Å²) >= 11 is 12.3. The third-order valence-corrected chi connectivity index (χ3v) is 3.43. The van der Waals surface area contributed by atoms with Crippen LogP contribution in [0.4, 0.5) is 0 Å². The van der Waals surface area contributed by atoms with Crippen molar-refractivity contribution in [2.45, 2.75) is 27.0 Å². The summed E-state index contributed by atoms with van der Waals surface area (Å²) in [5.74, 6) is 0.491. The highest BCUT2D eigenvalue weighted by molar-refractivity contribution is 6.33. The van der Waals surface area contributed by atoms with E-state index in [2.05, 4.69) is 13.8 Å². The lowest BCUT2D eigenvalue weighted by Crippen LogP contribution is -2.04. The van der Waals surface area contributed by atoms with E-state index in [1.54, 1.807) is 0 Å². The Morgan fingerprint density at radius 2 is 2.00 bits per heavy atom. The van der Waals surface area contributed by atoms with Crippen molar-refractivity contribution in [1.82, 2.24) is 4.57 Å². The molecule has 1 N–H and O–H groups in total. The molecule has 0 fully saturated rings. The molecular formula is C13H15Cl2NO. The van der Waals surface area contributed by atoms with Gasteiger partial charge in [-0.25, -0.2) is 0 Å². The Labute approximate surface area is 111 Å². The van der Waals surface area contributed by atoms with Gasteiger partial charge < -0.3 is 9.67 Å². The van der Waals surface area contributed by atoms with Gasteiger partial charge >= 0.3 is 0 Å². The Kier molecular flexibility index (Phi) is 3.67. The van der Waals surface area contributed by atoms with Crippen LogP contribution in [0.1, 0.15) is 19.4 Å². The van der Waals surface area contributed by atoms with Gasteiger partial charge in [-0.15, -0.1) is 0 Å². The van der Waals surface area contributed by atoms with E-state index in [-0.39, 0.29) is 6.61 Å². The van der Waals surface area contributed by atoms with Crippen LogP contribution in [0.15, 0.2) is 18.2 Å². The number of fused-ring (bicyclic) bond motifs is 1. The molecule has 92 valence electrons. The molecule has 0 saturated heterocycles. The number of halogens is 2. The molecule has 2 nitrogen and oxygen atoms in total.